The molecule has 4 aromatic rings. The maximum Gasteiger partial charge on any atom is 0.306 e. The van der Waals surface area contributed by atoms with Crippen LogP contribution in [0.1, 0.15) is 78.9 Å². The Morgan fingerprint density at radius 3 is 2.53 bits per heavy atom. The molecule has 3 fully saturated rings. The van der Waals surface area contributed by atoms with Crippen LogP contribution in [0.25, 0.3) is 22.4 Å². The lowest BCUT2D eigenvalue weighted by Crippen LogP contribution is -2.48. The number of carbonyl (C=O) groups is 2. The highest BCUT2D eigenvalue weighted by atomic mass is 35.5. The highest BCUT2D eigenvalue weighted by Gasteiger charge is 2.40. The number of nitrogens with one attached hydrogen (secondary N) is 2. The van der Waals surface area contributed by atoms with Gasteiger partial charge in [0.25, 0.3) is 0 Å². The zero-order chi connectivity index (χ0) is 39.6. The molecule has 2 aromatic carbocycles. The quantitative estimate of drug-likeness (QED) is 0.130. The van der Waals surface area contributed by atoms with Crippen molar-refractivity contribution in [2.75, 3.05) is 27.3 Å². The predicted molar refractivity (Wildman–Crippen MR) is 214 cm³/mol. The zero-order valence-corrected chi connectivity index (χ0v) is 33.0. The smallest absolute Gasteiger partial charge is 0.306 e. The number of hydrogen-bond acceptors (Lipinski definition) is 10. The SMILES string of the molecule is COc1nc(-c2cccc(-c3cccc4c3CC[C@@H]4Oc3nc(OC)c(CN4CCC5CC4CCC5C(=O)O)cc3Cl)c2C#N)ccc1CNC[C@@H]1CCC(=O)N1. The number of carbonyl (C=O) groups excluding carboxylic acids is 1. The van der Waals surface area contributed by atoms with Crippen molar-refractivity contribution in [1.82, 2.24) is 25.5 Å². The summed E-state index contributed by atoms with van der Waals surface area (Å²) in [6.07, 6.45) is 5.88. The highest BCUT2D eigenvalue weighted by Crippen LogP contribution is 2.44. The van der Waals surface area contributed by atoms with Crippen molar-refractivity contribution >= 4 is 23.5 Å². The van der Waals surface area contributed by atoms with Crippen molar-refractivity contribution in [1.29, 1.82) is 5.26 Å². The van der Waals surface area contributed by atoms with Gasteiger partial charge >= 0.3 is 5.97 Å². The summed E-state index contributed by atoms with van der Waals surface area (Å²) in [5.74, 6) is 0.668. The molecule has 2 aliphatic heterocycles. The monoisotopic (exact) mass is 790 g/mol. The number of nitriles is 1. The van der Waals surface area contributed by atoms with Gasteiger partial charge in [-0.1, -0.05) is 54.1 Å². The van der Waals surface area contributed by atoms with E-state index in [0.29, 0.717) is 84.4 Å². The van der Waals surface area contributed by atoms with Crippen LogP contribution < -0.4 is 24.8 Å². The molecule has 3 unspecified atom stereocenters. The van der Waals surface area contributed by atoms with E-state index < -0.39 is 5.97 Å². The molecule has 8 rings (SSSR count). The molecule has 2 aromatic heterocycles. The number of halogens is 1. The number of piperidine rings is 1. The van der Waals surface area contributed by atoms with Crippen LogP contribution >= 0.6 is 11.6 Å². The number of aromatic nitrogens is 2. The molecule has 2 saturated heterocycles. The number of likely N-dealkylation sites (tertiary alicyclic amines) is 1. The van der Waals surface area contributed by atoms with Gasteiger partial charge < -0.3 is 30.0 Å². The number of fused-ring (bicyclic) bond motifs is 3. The van der Waals surface area contributed by atoms with Crippen molar-refractivity contribution in [2.45, 2.75) is 82.6 Å². The van der Waals surface area contributed by atoms with Crippen LogP contribution in [0.2, 0.25) is 5.02 Å². The van der Waals surface area contributed by atoms with Gasteiger partial charge in [-0.05, 0) is 86.2 Å². The van der Waals surface area contributed by atoms with Gasteiger partial charge in [0.1, 0.15) is 17.2 Å². The Morgan fingerprint density at radius 2 is 1.75 bits per heavy atom. The van der Waals surface area contributed by atoms with Crippen molar-refractivity contribution in [3.05, 3.63) is 87.4 Å². The van der Waals surface area contributed by atoms with Crippen LogP contribution in [0.4, 0.5) is 0 Å². The molecule has 3 N–H and O–H groups in total. The molecule has 5 atom stereocenters. The van der Waals surface area contributed by atoms with Crippen LogP contribution in [0.5, 0.6) is 17.6 Å². The minimum absolute atomic E-state index is 0.0895. The molecule has 1 saturated carbocycles. The van der Waals surface area contributed by atoms with Gasteiger partial charge in [-0.25, -0.2) is 4.98 Å². The van der Waals surface area contributed by atoms with Crippen LogP contribution in [0, 0.1) is 23.2 Å². The minimum atomic E-state index is -0.669. The molecule has 4 aliphatic rings. The maximum atomic E-state index is 11.7. The Labute approximate surface area is 337 Å². The molecule has 2 aliphatic carbocycles. The Hall–Kier alpha value is -5.22. The van der Waals surface area contributed by atoms with E-state index in [1.54, 1.807) is 14.2 Å². The molecule has 4 heterocycles. The number of hydrogen-bond donors (Lipinski definition) is 3. The molecular weight excluding hydrogens is 744 g/mol. The Balaban J connectivity index is 0.993. The number of benzene rings is 2. The lowest BCUT2D eigenvalue weighted by Gasteiger charge is -2.45. The Kier molecular flexibility index (Phi) is 11.3. The fourth-order valence-electron chi connectivity index (χ4n) is 9.40. The van der Waals surface area contributed by atoms with Gasteiger partial charge in [-0.3, -0.25) is 14.5 Å². The van der Waals surface area contributed by atoms with E-state index in [1.807, 2.05) is 42.5 Å². The van der Waals surface area contributed by atoms with E-state index in [-0.39, 0.29) is 29.9 Å². The molecule has 0 spiro atoms. The summed E-state index contributed by atoms with van der Waals surface area (Å²) in [4.78, 5) is 35.3. The van der Waals surface area contributed by atoms with Crippen molar-refractivity contribution in [2.24, 2.45) is 11.8 Å². The van der Waals surface area contributed by atoms with E-state index in [4.69, 9.17) is 35.8 Å². The third-order valence-electron chi connectivity index (χ3n) is 12.3. The van der Waals surface area contributed by atoms with Gasteiger partial charge in [0, 0.05) is 60.4 Å². The largest absolute Gasteiger partial charge is 0.481 e. The first-order valence-electron chi connectivity index (χ1n) is 19.8. The standard InChI is InChI=1S/C44H47ClN6O6/c1-55-41-26(22-47-23-28-10-16-40(52)48-28)9-14-38(49-41)34-7-3-6-32(36(34)21-46)31-5-4-8-35-33(31)13-15-39(35)57-43-37(45)20-27(42(50-43)56-2)24-51-18-17-25-19-29(51)11-12-30(25)44(53)54/h3-9,14,20,25,28-30,39,47H,10-13,15-19,22-24H2,1-2H3,(H,48,52)(H,53,54)/t25?,28-,29?,30?,39-/m0/s1. The first-order chi connectivity index (χ1) is 27.7. The highest BCUT2D eigenvalue weighted by molar-refractivity contribution is 6.31. The van der Waals surface area contributed by atoms with Crippen molar-refractivity contribution < 1.29 is 28.9 Å². The van der Waals surface area contributed by atoms with Gasteiger partial charge in [0.05, 0.1) is 31.4 Å². The Morgan fingerprint density at radius 1 is 0.965 bits per heavy atom. The van der Waals surface area contributed by atoms with Crippen LogP contribution in [0.3, 0.4) is 0 Å². The van der Waals surface area contributed by atoms with E-state index in [9.17, 15) is 20.0 Å². The lowest BCUT2D eigenvalue weighted by atomic mass is 9.72. The molecular formula is C44H47ClN6O6. The Bertz CT molecular complexity index is 2230. The van der Waals surface area contributed by atoms with Crippen LogP contribution in [-0.2, 0) is 29.1 Å². The van der Waals surface area contributed by atoms with E-state index in [0.717, 1.165) is 72.0 Å². The van der Waals surface area contributed by atoms with E-state index >= 15 is 0 Å². The van der Waals surface area contributed by atoms with Crippen molar-refractivity contribution in [3.8, 4) is 46.1 Å². The number of ether oxygens (including phenoxy) is 3. The molecule has 1 amide bonds. The molecule has 12 nitrogen and oxygen atoms in total. The second-order valence-corrected chi connectivity index (χ2v) is 15.9. The molecule has 57 heavy (non-hydrogen) atoms. The number of nitrogens with zero attached hydrogens (tertiary/aromatic N) is 4. The summed E-state index contributed by atoms with van der Waals surface area (Å²) in [5, 5.41) is 27.0. The van der Waals surface area contributed by atoms with Gasteiger partial charge in [0.15, 0.2) is 0 Å². The summed E-state index contributed by atoms with van der Waals surface area (Å²) in [6.45, 7) is 2.64. The fraction of sp³-hybridized carbons (Fsp3) is 0.432. The third kappa shape index (κ3) is 7.89. The van der Waals surface area contributed by atoms with Crippen molar-refractivity contribution in [3.63, 3.8) is 0 Å². The third-order valence-corrected chi connectivity index (χ3v) is 12.5. The predicted octanol–water partition coefficient (Wildman–Crippen LogP) is 6.86. The first-order valence-corrected chi connectivity index (χ1v) is 20.2. The molecule has 0 radical (unpaired) electrons. The number of amides is 1. The number of carboxylic acid groups (broad SMARTS) is 1. The second-order valence-electron chi connectivity index (χ2n) is 15.5. The number of pyridine rings is 2. The van der Waals surface area contributed by atoms with Crippen LogP contribution in [-0.4, -0.2) is 71.2 Å². The van der Waals surface area contributed by atoms with Crippen LogP contribution in [0.15, 0.2) is 54.6 Å². The summed E-state index contributed by atoms with van der Waals surface area (Å²) in [5.41, 5.74) is 7.56. The summed E-state index contributed by atoms with van der Waals surface area (Å²) >= 11 is 6.88. The summed E-state index contributed by atoms with van der Waals surface area (Å²) in [7, 11) is 3.19. The minimum Gasteiger partial charge on any atom is -0.481 e. The molecule has 13 heteroatoms. The first kappa shape index (κ1) is 38.6. The average Bonchev–Trinajstić information content (AvgIpc) is 3.84. The summed E-state index contributed by atoms with van der Waals surface area (Å²) < 4.78 is 18.0. The number of rotatable bonds is 13. The number of aliphatic carboxylic acids is 1. The zero-order valence-electron chi connectivity index (χ0n) is 32.2. The maximum absolute atomic E-state index is 11.7. The average molecular weight is 791 g/mol. The number of carboxylic acids is 1. The van der Waals surface area contributed by atoms with Gasteiger partial charge in [-0.2, -0.15) is 10.2 Å². The van der Waals surface area contributed by atoms with E-state index in [1.165, 1.54) is 0 Å². The van der Waals surface area contributed by atoms with Gasteiger partial charge in [0.2, 0.25) is 23.5 Å². The number of methoxy groups -OCH3 is 2. The topological polar surface area (TPSA) is 159 Å². The van der Waals surface area contributed by atoms with E-state index in [2.05, 4.69) is 33.7 Å². The fourth-order valence-corrected chi connectivity index (χ4v) is 9.62. The summed E-state index contributed by atoms with van der Waals surface area (Å²) in [6, 6.07) is 20.6. The molecule has 2 bridgehead atoms. The second kappa shape index (κ2) is 16.7. The van der Waals surface area contributed by atoms with Gasteiger partial charge in [-0.15, -0.1) is 0 Å². The molecule has 296 valence electrons. The normalized spacial score (nSPS) is 22.7. The lowest BCUT2D eigenvalue weighted by molar-refractivity contribution is -0.147.